The minimum absolute atomic E-state index is 0.0395. The van der Waals surface area contributed by atoms with Gasteiger partial charge in [0.2, 0.25) is 0 Å². The van der Waals surface area contributed by atoms with Crippen LogP contribution in [0.3, 0.4) is 0 Å². The van der Waals surface area contributed by atoms with Crippen LogP contribution in [0.2, 0.25) is 0 Å². The lowest BCUT2D eigenvalue weighted by molar-refractivity contribution is 0.0696. The van der Waals surface area contributed by atoms with E-state index in [0.29, 0.717) is 23.0 Å². The Morgan fingerprint density at radius 1 is 1.27 bits per heavy atom. The van der Waals surface area contributed by atoms with Gasteiger partial charge in [0.25, 0.3) is 5.91 Å². The topological polar surface area (TPSA) is 49.2 Å². The van der Waals surface area contributed by atoms with Crippen LogP contribution in [0, 0.1) is 0 Å². The van der Waals surface area contributed by atoms with Gasteiger partial charge in [-0.3, -0.25) is 4.79 Å². The molecule has 112 valence electrons. The first-order valence-corrected chi connectivity index (χ1v) is 8.12. The number of rotatable bonds is 4. The molecule has 2 heterocycles. The van der Waals surface area contributed by atoms with Crippen molar-refractivity contribution in [1.82, 2.24) is 9.88 Å². The second-order valence-corrected chi connectivity index (χ2v) is 6.45. The van der Waals surface area contributed by atoms with E-state index in [1.807, 2.05) is 17.2 Å². The number of aromatic nitrogens is 1. The SMILES string of the molecule is O=C(c1ccc(Br)o1)N(Cc1ccc2[nH]ccc2c1)C1CC1. The highest BCUT2D eigenvalue weighted by molar-refractivity contribution is 9.10. The van der Waals surface area contributed by atoms with Crippen LogP contribution < -0.4 is 0 Å². The lowest BCUT2D eigenvalue weighted by Gasteiger charge is -2.21. The zero-order valence-corrected chi connectivity index (χ0v) is 13.5. The number of benzene rings is 1. The molecule has 0 radical (unpaired) electrons. The Kier molecular flexibility index (Phi) is 3.30. The molecule has 3 aromatic rings. The summed E-state index contributed by atoms with van der Waals surface area (Å²) in [6.07, 6.45) is 4.07. The van der Waals surface area contributed by atoms with Gasteiger partial charge in [0.1, 0.15) is 0 Å². The average Bonchev–Trinajstić information content (AvgIpc) is 3.08. The van der Waals surface area contributed by atoms with E-state index in [0.717, 1.165) is 23.9 Å². The van der Waals surface area contributed by atoms with E-state index < -0.39 is 0 Å². The number of carbonyl (C=O) groups excluding carboxylic acids is 1. The summed E-state index contributed by atoms with van der Waals surface area (Å²) in [7, 11) is 0. The predicted octanol–water partition coefficient (Wildman–Crippen LogP) is 4.33. The summed E-state index contributed by atoms with van der Waals surface area (Å²) in [6.45, 7) is 0.614. The predicted molar refractivity (Wildman–Crippen MR) is 87.6 cm³/mol. The molecule has 0 aliphatic heterocycles. The first-order valence-electron chi connectivity index (χ1n) is 7.33. The molecule has 1 N–H and O–H groups in total. The smallest absolute Gasteiger partial charge is 0.290 e. The number of H-pyrrole nitrogens is 1. The monoisotopic (exact) mass is 358 g/mol. The number of halogens is 1. The number of hydrogen-bond acceptors (Lipinski definition) is 2. The Balaban J connectivity index is 1.60. The van der Waals surface area contributed by atoms with Crippen molar-refractivity contribution in [2.24, 2.45) is 0 Å². The molecule has 4 nitrogen and oxygen atoms in total. The normalized spacial score (nSPS) is 14.4. The van der Waals surface area contributed by atoms with Gasteiger partial charge in [-0.05, 0) is 70.1 Å². The molecular formula is C17H15BrN2O2. The van der Waals surface area contributed by atoms with Crippen LogP contribution in [0.15, 0.2) is 51.7 Å². The van der Waals surface area contributed by atoms with Crippen LogP contribution >= 0.6 is 15.9 Å². The van der Waals surface area contributed by atoms with Crippen LogP contribution in [-0.4, -0.2) is 21.8 Å². The molecule has 0 spiro atoms. The summed E-state index contributed by atoms with van der Waals surface area (Å²) in [5.41, 5.74) is 2.25. The number of hydrogen-bond donors (Lipinski definition) is 1. The van der Waals surface area contributed by atoms with Gasteiger partial charge in [-0.25, -0.2) is 0 Å². The minimum atomic E-state index is -0.0395. The molecule has 1 aliphatic rings. The molecule has 0 bridgehead atoms. The summed E-state index contributed by atoms with van der Waals surface area (Å²) < 4.78 is 6.00. The Morgan fingerprint density at radius 2 is 2.14 bits per heavy atom. The molecule has 1 aliphatic carbocycles. The highest BCUT2D eigenvalue weighted by Crippen LogP contribution is 2.31. The maximum Gasteiger partial charge on any atom is 0.290 e. The van der Waals surface area contributed by atoms with Gasteiger partial charge in [-0.2, -0.15) is 0 Å². The van der Waals surface area contributed by atoms with Gasteiger partial charge in [-0.15, -0.1) is 0 Å². The van der Waals surface area contributed by atoms with E-state index in [1.165, 1.54) is 5.39 Å². The number of nitrogens with zero attached hydrogens (tertiary/aromatic N) is 1. The number of carbonyl (C=O) groups is 1. The summed E-state index contributed by atoms with van der Waals surface area (Å²) in [5, 5.41) is 1.17. The second-order valence-electron chi connectivity index (χ2n) is 5.67. The molecule has 5 heteroatoms. The van der Waals surface area contributed by atoms with Gasteiger partial charge in [-0.1, -0.05) is 6.07 Å². The van der Waals surface area contributed by atoms with E-state index in [2.05, 4.69) is 39.1 Å². The highest BCUT2D eigenvalue weighted by Gasteiger charge is 2.34. The fourth-order valence-electron chi connectivity index (χ4n) is 2.72. The number of furan rings is 1. The van der Waals surface area contributed by atoms with Crippen molar-refractivity contribution in [1.29, 1.82) is 0 Å². The molecule has 0 unspecified atom stereocenters. The number of aromatic amines is 1. The molecule has 22 heavy (non-hydrogen) atoms. The van der Waals surface area contributed by atoms with E-state index in [4.69, 9.17) is 4.42 Å². The van der Waals surface area contributed by atoms with Crippen LogP contribution in [0.1, 0.15) is 29.0 Å². The summed E-state index contributed by atoms with van der Waals surface area (Å²) in [4.78, 5) is 17.8. The van der Waals surface area contributed by atoms with Crippen molar-refractivity contribution in [2.75, 3.05) is 0 Å². The van der Waals surface area contributed by atoms with Crippen molar-refractivity contribution < 1.29 is 9.21 Å². The van der Waals surface area contributed by atoms with Crippen LogP contribution in [0.4, 0.5) is 0 Å². The van der Waals surface area contributed by atoms with Gasteiger partial charge >= 0.3 is 0 Å². The van der Waals surface area contributed by atoms with Crippen molar-refractivity contribution in [3.63, 3.8) is 0 Å². The van der Waals surface area contributed by atoms with E-state index in [-0.39, 0.29) is 5.91 Å². The van der Waals surface area contributed by atoms with Gasteiger partial charge in [0.15, 0.2) is 10.4 Å². The van der Waals surface area contributed by atoms with Crippen molar-refractivity contribution in [2.45, 2.75) is 25.4 Å². The molecule has 4 rings (SSSR count). The Bertz CT molecular complexity index is 832. The molecule has 1 aromatic carbocycles. The average molecular weight is 359 g/mol. The maximum atomic E-state index is 12.7. The third-order valence-corrected chi connectivity index (χ3v) is 4.43. The van der Waals surface area contributed by atoms with Crippen LogP contribution in [-0.2, 0) is 6.54 Å². The molecule has 0 saturated heterocycles. The van der Waals surface area contributed by atoms with Gasteiger partial charge in [0, 0.05) is 24.3 Å². The third kappa shape index (κ3) is 2.57. The highest BCUT2D eigenvalue weighted by atomic mass is 79.9. The fraction of sp³-hybridized carbons (Fsp3) is 0.235. The Labute approximate surface area is 136 Å². The first-order chi connectivity index (χ1) is 10.7. The summed E-state index contributed by atoms with van der Waals surface area (Å²) in [5.74, 6) is 0.351. The van der Waals surface area contributed by atoms with E-state index >= 15 is 0 Å². The van der Waals surface area contributed by atoms with Crippen molar-refractivity contribution in [3.8, 4) is 0 Å². The van der Waals surface area contributed by atoms with Gasteiger partial charge < -0.3 is 14.3 Å². The largest absolute Gasteiger partial charge is 0.444 e. The second kappa shape index (κ2) is 5.32. The lowest BCUT2D eigenvalue weighted by atomic mass is 10.1. The first kappa shape index (κ1) is 13.6. The van der Waals surface area contributed by atoms with E-state index in [1.54, 1.807) is 12.1 Å². The summed E-state index contributed by atoms with van der Waals surface area (Å²) in [6, 6.07) is 12.1. The fourth-order valence-corrected chi connectivity index (χ4v) is 3.03. The van der Waals surface area contributed by atoms with Crippen LogP contribution in [0.25, 0.3) is 10.9 Å². The lowest BCUT2D eigenvalue weighted by Crippen LogP contribution is -2.32. The Hall–Kier alpha value is -2.01. The maximum absolute atomic E-state index is 12.7. The minimum Gasteiger partial charge on any atom is -0.444 e. The standard InChI is InChI=1S/C17H15BrN2O2/c18-16-6-5-15(22-16)17(21)20(13-2-3-13)10-11-1-4-14-12(9-11)7-8-19-14/h1,4-9,13,19H,2-3,10H2. The van der Waals surface area contributed by atoms with Crippen molar-refractivity contribution >= 4 is 32.7 Å². The molecule has 0 atom stereocenters. The zero-order valence-electron chi connectivity index (χ0n) is 11.9. The molecular weight excluding hydrogens is 344 g/mol. The zero-order chi connectivity index (χ0) is 15.1. The molecule has 1 fully saturated rings. The number of amides is 1. The van der Waals surface area contributed by atoms with E-state index in [9.17, 15) is 4.79 Å². The van der Waals surface area contributed by atoms with Crippen molar-refractivity contribution in [3.05, 3.63) is 58.6 Å². The molecule has 2 aromatic heterocycles. The van der Waals surface area contributed by atoms with Gasteiger partial charge in [0.05, 0.1) is 0 Å². The quantitative estimate of drug-likeness (QED) is 0.754. The molecule has 1 saturated carbocycles. The Morgan fingerprint density at radius 3 is 2.86 bits per heavy atom. The number of fused-ring (bicyclic) bond motifs is 1. The molecule has 1 amide bonds. The summed E-state index contributed by atoms with van der Waals surface area (Å²) >= 11 is 3.25. The number of nitrogens with one attached hydrogen (secondary N) is 1. The third-order valence-electron chi connectivity index (χ3n) is 4.00. The van der Waals surface area contributed by atoms with Crippen LogP contribution in [0.5, 0.6) is 0 Å².